The summed E-state index contributed by atoms with van der Waals surface area (Å²) in [5.41, 5.74) is 0. The molecule has 0 aromatic rings. The Labute approximate surface area is 406 Å². The minimum atomic E-state index is -0.677. The van der Waals surface area contributed by atoms with Crippen LogP contribution in [-0.2, 0) is 14.3 Å². The smallest absolute Gasteiger partial charge is 0.305 e. The maximum atomic E-state index is 12.5. The maximum absolute atomic E-state index is 12.5. The number of aliphatic hydroxyl groups excluding tert-OH is 2. The molecular formula is C59H115NO5. The van der Waals surface area contributed by atoms with Crippen LogP contribution in [0.2, 0.25) is 0 Å². The zero-order chi connectivity index (χ0) is 47.2. The number of carbonyl (C=O) groups excluding carboxylic acids is 2. The lowest BCUT2D eigenvalue weighted by Gasteiger charge is -2.22. The van der Waals surface area contributed by atoms with Gasteiger partial charge in [-0.25, -0.2) is 0 Å². The summed E-state index contributed by atoms with van der Waals surface area (Å²) in [6, 6.07) is -0.556. The van der Waals surface area contributed by atoms with Gasteiger partial charge in [-0.3, -0.25) is 9.59 Å². The Balaban J connectivity index is 3.45. The predicted molar refractivity (Wildman–Crippen MR) is 283 cm³/mol. The van der Waals surface area contributed by atoms with Gasteiger partial charge < -0.3 is 20.3 Å². The van der Waals surface area contributed by atoms with Crippen LogP contribution in [0.25, 0.3) is 0 Å². The summed E-state index contributed by atoms with van der Waals surface area (Å²) in [6.45, 7) is 4.93. The minimum absolute atomic E-state index is 0.0158. The molecular weight excluding hydrogens is 803 g/mol. The second-order valence-electron chi connectivity index (χ2n) is 20.3. The summed E-state index contributed by atoms with van der Waals surface area (Å²) in [4.78, 5) is 24.6. The van der Waals surface area contributed by atoms with E-state index in [2.05, 4.69) is 31.3 Å². The van der Waals surface area contributed by atoms with Crippen molar-refractivity contribution < 1.29 is 24.5 Å². The Hall–Kier alpha value is -1.40. The number of unbranched alkanes of at least 4 members (excludes halogenated alkanes) is 42. The fourth-order valence-electron chi connectivity index (χ4n) is 9.28. The fraction of sp³-hybridized carbons (Fsp3) is 0.932. The molecule has 2 atom stereocenters. The highest BCUT2D eigenvalue weighted by Crippen LogP contribution is 2.18. The van der Waals surface area contributed by atoms with Crippen molar-refractivity contribution in [3.8, 4) is 0 Å². The van der Waals surface area contributed by atoms with Crippen LogP contribution < -0.4 is 5.32 Å². The van der Waals surface area contributed by atoms with Crippen molar-refractivity contribution in [3.63, 3.8) is 0 Å². The van der Waals surface area contributed by atoms with Crippen molar-refractivity contribution in [2.45, 2.75) is 341 Å². The summed E-state index contributed by atoms with van der Waals surface area (Å²) in [5.74, 6) is -0.0663. The topological polar surface area (TPSA) is 95.9 Å². The molecule has 0 bridgehead atoms. The maximum Gasteiger partial charge on any atom is 0.305 e. The third-order valence-electron chi connectivity index (χ3n) is 13.8. The Kier molecular flexibility index (Phi) is 54.0. The molecule has 0 aliphatic rings. The third kappa shape index (κ3) is 51.8. The number of ether oxygens (including phenoxy) is 1. The second-order valence-corrected chi connectivity index (χ2v) is 20.3. The molecule has 6 heteroatoms. The Morgan fingerprint density at radius 1 is 0.415 bits per heavy atom. The van der Waals surface area contributed by atoms with Crippen LogP contribution in [0.4, 0.5) is 0 Å². The highest BCUT2D eigenvalue weighted by molar-refractivity contribution is 5.76. The van der Waals surface area contributed by atoms with Gasteiger partial charge in [-0.1, -0.05) is 276 Å². The van der Waals surface area contributed by atoms with Crippen LogP contribution in [-0.4, -0.2) is 47.4 Å². The van der Waals surface area contributed by atoms with E-state index < -0.39 is 12.1 Å². The van der Waals surface area contributed by atoms with E-state index in [-0.39, 0.29) is 18.5 Å². The molecule has 0 aromatic heterocycles. The van der Waals surface area contributed by atoms with E-state index in [0.29, 0.717) is 25.9 Å². The lowest BCUT2D eigenvalue weighted by atomic mass is 10.0. The van der Waals surface area contributed by atoms with Gasteiger partial charge in [0.1, 0.15) is 0 Å². The molecule has 0 radical (unpaired) electrons. The molecule has 0 rings (SSSR count). The largest absolute Gasteiger partial charge is 0.466 e. The standard InChI is InChI=1S/C59H115NO5/c1-3-5-7-9-11-13-15-17-19-21-22-23-25-26-28-31-35-39-43-47-51-57(62)56(55-61)60-58(63)52-48-44-40-36-32-30-34-38-42-46-50-54-65-59(64)53-49-45-41-37-33-29-27-24-20-18-16-14-12-10-8-6-4-2/h18,20,56-57,61-62H,3-17,19,21-55H2,1-2H3,(H,60,63)/b20-18-. The minimum Gasteiger partial charge on any atom is -0.466 e. The first kappa shape index (κ1) is 63.6. The Bertz CT molecular complexity index is 970. The Morgan fingerprint density at radius 3 is 1.09 bits per heavy atom. The van der Waals surface area contributed by atoms with Gasteiger partial charge in [-0.05, 0) is 51.4 Å². The van der Waals surface area contributed by atoms with E-state index in [4.69, 9.17) is 4.74 Å². The molecule has 1 amide bonds. The molecule has 386 valence electrons. The summed E-state index contributed by atoms with van der Waals surface area (Å²) in [6.07, 6.45) is 64.8. The second kappa shape index (κ2) is 55.2. The molecule has 0 heterocycles. The van der Waals surface area contributed by atoms with Gasteiger partial charge in [-0.2, -0.15) is 0 Å². The van der Waals surface area contributed by atoms with Gasteiger partial charge in [0, 0.05) is 12.8 Å². The van der Waals surface area contributed by atoms with Crippen LogP contribution in [0.1, 0.15) is 328 Å². The SMILES string of the molecule is CCCCCCCC/C=C\CCCCCCCCCC(=O)OCCCCCCCCCCCCCC(=O)NC(CO)C(O)CCCCCCCCCCCCCCCCCCCCCC. The number of aliphatic hydroxyl groups is 2. The van der Waals surface area contributed by atoms with Gasteiger partial charge in [0.25, 0.3) is 0 Å². The molecule has 0 saturated heterocycles. The third-order valence-corrected chi connectivity index (χ3v) is 13.8. The average molecular weight is 919 g/mol. The number of allylic oxidation sites excluding steroid dienone is 2. The highest BCUT2D eigenvalue weighted by atomic mass is 16.5. The van der Waals surface area contributed by atoms with E-state index in [0.717, 1.165) is 57.8 Å². The lowest BCUT2D eigenvalue weighted by Crippen LogP contribution is -2.45. The average Bonchev–Trinajstić information content (AvgIpc) is 3.31. The lowest BCUT2D eigenvalue weighted by molar-refractivity contribution is -0.143. The van der Waals surface area contributed by atoms with E-state index in [1.165, 1.54) is 238 Å². The van der Waals surface area contributed by atoms with E-state index in [1.807, 2.05) is 0 Å². The quantitative estimate of drug-likeness (QED) is 0.0321. The zero-order valence-corrected chi connectivity index (χ0v) is 44.0. The molecule has 0 aliphatic heterocycles. The summed E-state index contributed by atoms with van der Waals surface area (Å²) in [5, 5.41) is 23.3. The molecule has 0 fully saturated rings. The normalized spacial score (nSPS) is 12.6. The zero-order valence-electron chi connectivity index (χ0n) is 44.0. The summed E-state index contributed by atoms with van der Waals surface area (Å²) in [7, 11) is 0. The van der Waals surface area contributed by atoms with E-state index in [9.17, 15) is 19.8 Å². The number of nitrogens with one attached hydrogen (secondary N) is 1. The van der Waals surface area contributed by atoms with Crippen LogP contribution >= 0.6 is 0 Å². The summed E-state index contributed by atoms with van der Waals surface area (Å²) >= 11 is 0. The molecule has 0 aromatic carbocycles. The number of hydrogen-bond donors (Lipinski definition) is 3. The molecule has 3 N–H and O–H groups in total. The van der Waals surface area contributed by atoms with Gasteiger partial charge in [-0.15, -0.1) is 0 Å². The van der Waals surface area contributed by atoms with Crippen molar-refractivity contribution in [1.82, 2.24) is 5.32 Å². The molecule has 65 heavy (non-hydrogen) atoms. The van der Waals surface area contributed by atoms with Crippen LogP contribution in [0.3, 0.4) is 0 Å². The first-order valence-corrected chi connectivity index (χ1v) is 29.4. The number of rotatable bonds is 55. The van der Waals surface area contributed by atoms with Crippen LogP contribution in [0, 0.1) is 0 Å². The van der Waals surface area contributed by atoms with Crippen molar-refractivity contribution in [3.05, 3.63) is 12.2 Å². The highest BCUT2D eigenvalue weighted by Gasteiger charge is 2.20. The van der Waals surface area contributed by atoms with Gasteiger partial charge in [0.2, 0.25) is 5.91 Å². The van der Waals surface area contributed by atoms with Crippen LogP contribution in [0.5, 0.6) is 0 Å². The number of hydrogen-bond acceptors (Lipinski definition) is 5. The number of esters is 1. The molecule has 6 nitrogen and oxygen atoms in total. The summed E-state index contributed by atoms with van der Waals surface area (Å²) < 4.78 is 5.47. The number of amides is 1. The van der Waals surface area contributed by atoms with Crippen molar-refractivity contribution >= 4 is 11.9 Å². The van der Waals surface area contributed by atoms with E-state index >= 15 is 0 Å². The van der Waals surface area contributed by atoms with Crippen molar-refractivity contribution in [2.75, 3.05) is 13.2 Å². The van der Waals surface area contributed by atoms with Gasteiger partial charge in [0.05, 0.1) is 25.4 Å². The molecule has 0 saturated carbocycles. The van der Waals surface area contributed by atoms with Gasteiger partial charge >= 0.3 is 5.97 Å². The van der Waals surface area contributed by atoms with Crippen molar-refractivity contribution in [2.24, 2.45) is 0 Å². The predicted octanol–water partition coefficient (Wildman–Crippen LogP) is 18.1. The van der Waals surface area contributed by atoms with Crippen molar-refractivity contribution in [1.29, 1.82) is 0 Å². The van der Waals surface area contributed by atoms with Gasteiger partial charge in [0.15, 0.2) is 0 Å². The van der Waals surface area contributed by atoms with E-state index in [1.54, 1.807) is 0 Å². The Morgan fingerprint density at radius 2 is 0.723 bits per heavy atom. The molecule has 2 unspecified atom stereocenters. The first-order chi connectivity index (χ1) is 32.0. The number of carbonyl (C=O) groups is 2. The first-order valence-electron chi connectivity index (χ1n) is 29.4. The monoisotopic (exact) mass is 918 g/mol. The molecule has 0 spiro atoms. The molecule has 0 aliphatic carbocycles. The fourth-order valence-corrected chi connectivity index (χ4v) is 9.28. The van der Waals surface area contributed by atoms with Crippen LogP contribution in [0.15, 0.2) is 12.2 Å².